The molecule has 0 spiro atoms. The number of para-hydroxylation sites is 1. The Kier molecular flexibility index (Phi) is 7.62. The quantitative estimate of drug-likeness (QED) is 0.659. The molecule has 1 N–H and O–H groups in total. The van der Waals surface area contributed by atoms with E-state index in [-0.39, 0.29) is 24.0 Å². The minimum atomic E-state index is -2.95. The summed E-state index contributed by atoms with van der Waals surface area (Å²) in [4.78, 5) is 12.1. The van der Waals surface area contributed by atoms with Crippen LogP contribution in [-0.2, 0) is 11.3 Å². The van der Waals surface area contributed by atoms with Crippen molar-refractivity contribution in [3.63, 3.8) is 0 Å². The summed E-state index contributed by atoms with van der Waals surface area (Å²) in [6.45, 7) is -2.71. The van der Waals surface area contributed by atoms with E-state index in [1.807, 2.05) is 6.07 Å². The van der Waals surface area contributed by atoms with E-state index in [1.165, 1.54) is 51.7 Å². The number of benzene rings is 2. The molecule has 1 amide bonds. The van der Waals surface area contributed by atoms with Crippen LogP contribution in [-0.4, -0.2) is 33.8 Å². The van der Waals surface area contributed by atoms with Gasteiger partial charge in [-0.25, -0.2) is 0 Å². The molecule has 8 heteroatoms. The van der Waals surface area contributed by atoms with Crippen LogP contribution in [0.4, 0.5) is 8.78 Å². The molecular formula is C20H21F2NO5. The van der Waals surface area contributed by atoms with Crippen molar-refractivity contribution >= 4 is 12.0 Å². The molecule has 0 aliphatic heterocycles. The molecule has 0 fully saturated rings. The number of amides is 1. The van der Waals surface area contributed by atoms with Crippen LogP contribution in [0.1, 0.15) is 11.1 Å². The number of carbonyl (C=O) groups is 1. The molecule has 0 bridgehead atoms. The van der Waals surface area contributed by atoms with Gasteiger partial charge in [-0.15, -0.1) is 0 Å². The highest BCUT2D eigenvalue weighted by molar-refractivity contribution is 5.91. The zero-order valence-corrected chi connectivity index (χ0v) is 15.7. The molecule has 28 heavy (non-hydrogen) atoms. The van der Waals surface area contributed by atoms with Gasteiger partial charge in [0.25, 0.3) is 0 Å². The van der Waals surface area contributed by atoms with Crippen LogP contribution in [0.15, 0.2) is 42.5 Å². The van der Waals surface area contributed by atoms with Crippen LogP contribution in [0.2, 0.25) is 0 Å². The molecule has 150 valence electrons. The minimum absolute atomic E-state index is 0.0794. The number of halogens is 2. The monoisotopic (exact) mass is 393 g/mol. The summed E-state index contributed by atoms with van der Waals surface area (Å²) in [5.74, 6) is 0.849. The number of alkyl halides is 2. The lowest BCUT2D eigenvalue weighted by Gasteiger charge is -2.12. The Morgan fingerprint density at radius 2 is 1.79 bits per heavy atom. The van der Waals surface area contributed by atoms with Gasteiger partial charge in [0.1, 0.15) is 0 Å². The first-order valence-corrected chi connectivity index (χ1v) is 8.27. The smallest absolute Gasteiger partial charge is 0.387 e. The van der Waals surface area contributed by atoms with E-state index < -0.39 is 6.61 Å². The zero-order chi connectivity index (χ0) is 20.5. The highest BCUT2D eigenvalue weighted by atomic mass is 19.3. The van der Waals surface area contributed by atoms with Gasteiger partial charge in [0.15, 0.2) is 23.0 Å². The third-order valence-corrected chi connectivity index (χ3v) is 3.77. The minimum Gasteiger partial charge on any atom is -0.493 e. The summed E-state index contributed by atoms with van der Waals surface area (Å²) in [5.41, 5.74) is 1.35. The van der Waals surface area contributed by atoms with Gasteiger partial charge < -0.3 is 24.3 Å². The average molecular weight is 393 g/mol. The van der Waals surface area contributed by atoms with E-state index in [2.05, 4.69) is 10.1 Å². The summed E-state index contributed by atoms with van der Waals surface area (Å²) < 4.78 is 44.6. The molecule has 0 saturated carbocycles. The SMILES string of the molecule is COc1cc(/C=C/C(=O)NCc2cccc(OC)c2OC)ccc1OC(F)F. The Morgan fingerprint density at radius 3 is 2.43 bits per heavy atom. The molecular weight excluding hydrogens is 372 g/mol. The first-order chi connectivity index (χ1) is 13.5. The fourth-order valence-electron chi connectivity index (χ4n) is 2.49. The standard InChI is InChI=1S/C20H21F2NO5/c1-25-16-6-4-5-14(19(16)27-3)12-23-18(24)10-8-13-7-9-15(28-20(21)22)17(11-13)26-2/h4-11,20H,12H2,1-3H3,(H,23,24)/b10-8+. The summed E-state index contributed by atoms with van der Waals surface area (Å²) in [6.07, 6.45) is 2.86. The summed E-state index contributed by atoms with van der Waals surface area (Å²) in [6, 6.07) is 9.76. The van der Waals surface area contributed by atoms with Crippen LogP contribution in [0.25, 0.3) is 6.08 Å². The molecule has 2 aromatic rings. The predicted molar refractivity (Wildman–Crippen MR) is 100 cm³/mol. The number of rotatable bonds is 9. The number of nitrogens with one attached hydrogen (secondary N) is 1. The third kappa shape index (κ3) is 5.60. The van der Waals surface area contributed by atoms with Crippen LogP contribution in [0, 0.1) is 0 Å². The van der Waals surface area contributed by atoms with E-state index in [0.29, 0.717) is 17.1 Å². The van der Waals surface area contributed by atoms with Crippen molar-refractivity contribution < 1.29 is 32.5 Å². The van der Waals surface area contributed by atoms with E-state index in [1.54, 1.807) is 12.1 Å². The van der Waals surface area contributed by atoms with Gasteiger partial charge in [-0.05, 0) is 29.8 Å². The number of methoxy groups -OCH3 is 3. The second-order valence-electron chi connectivity index (χ2n) is 5.49. The molecule has 0 atom stereocenters. The van der Waals surface area contributed by atoms with Crippen molar-refractivity contribution in [3.8, 4) is 23.0 Å². The Labute approximate surface area is 161 Å². The van der Waals surface area contributed by atoms with E-state index >= 15 is 0 Å². The summed E-state index contributed by atoms with van der Waals surface area (Å²) in [5, 5.41) is 2.74. The number of ether oxygens (including phenoxy) is 4. The van der Waals surface area contributed by atoms with Crippen LogP contribution >= 0.6 is 0 Å². The fraction of sp³-hybridized carbons (Fsp3) is 0.250. The van der Waals surface area contributed by atoms with Crippen molar-refractivity contribution in [2.45, 2.75) is 13.2 Å². The van der Waals surface area contributed by atoms with Crippen LogP contribution in [0.5, 0.6) is 23.0 Å². The Bertz CT molecular complexity index is 839. The molecule has 0 aromatic heterocycles. The van der Waals surface area contributed by atoms with Crippen molar-refractivity contribution in [3.05, 3.63) is 53.6 Å². The zero-order valence-electron chi connectivity index (χ0n) is 15.7. The van der Waals surface area contributed by atoms with Crippen molar-refractivity contribution in [1.29, 1.82) is 0 Å². The summed E-state index contributed by atoms with van der Waals surface area (Å²) in [7, 11) is 4.40. The molecule has 0 saturated heterocycles. The summed E-state index contributed by atoms with van der Waals surface area (Å²) >= 11 is 0. The molecule has 0 radical (unpaired) electrons. The highest BCUT2D eigenvalue weighted by Crippen LogP contribution is 2.31. The third-order valence-electron chi connectivity index (χ3n) is 3.77. The molecule has 0 unspecified atom stereocenters. The fourth-order valence-corrected chi connectivity index (χ4v) is 2.49. The van der Waals surface area contributed by atoms with Gasteiger partial charge in [-0.2, -0.15) is 8.78 Å². The lowest BCUT2D eigenvalue weighted by molar-refractivity contribution is -0.116. The molecule has 2 aromatic carbocycles. The van der Waals surface area contributed by atoms with Gasteiger partial charge in [0, 0.05) is 18.2 Å². The second kappa shape index (κ2) is 10.1. The normalized spacial score (nSPS) is 10.8. The Balaban J connectivity index is 2.02. The van der Waals surface area contributed by atoms with E-state index in [0.717, 1.165) is 5.56 Å². The largest absolute Gasteiger partial charge is 0.493 e. The Morgan fingerprint density at radius 1 is 1.04 bits per heavy atom. The van der Waals surface area contributed by atoms with Crippen LogP contribution < -0.4 is 24.3 Å². The second-order valence-corrected chi connectivity index (χ2v) is 5.49. The van der Waals surface area contributed by atoms with Gasteiger partial charge in [-0.1, -0.05) is 18.2 Å². The van der Waals surface area contributed by atoms with Crippen LogP contribution in [0.3, 0.4) is 0 Å². The lowest BCUT2D eigenvalue weighted by atomic mass is 10.1. The maximum absolute atomic E-state index is 12.4. The number of carbonyl (C=O) groups excluding carboxylic acids is 1. The van der Waals surface area contributed by atoms with Gasteiger partial charge in [0.2, 0.25) is 5.91 Å². The molecule has 0 heterocycles. The highest BCUT2D eigenvalue weighted by Gasteiger charge is 2.11. The molecule has 6 nitrogen and oxygen atoms in total. The number of hydrogen-bond donors (Lipinski definition) is 1. The van der Waals surface area contributed by atoms with E-state index in [4.69, 9.17) is 14.2 Å². The van der Waals surface area contributed by atoms with E-state index in [9.17, 15) is 13.6 Å². The van der Waals surface area contributed by atoms with Gasteiger partial charge in [-0.3, -0.25) is 4.79 Å². The lowest BCUT2D eigenvalue weighted by Crippen LogP contribution is -2.20. The van der Waals surface area contributed by atoms with Crippen molar-refractivity contribution in [2.75, 3.05) is 21.3 Å². The molecule has 2 rings (SSSR count). The predicted octanol–water partition coefficient (Wildman–Crippen LogP) is 3.64. The van der Waals surface area contributed by atoms with Crippen molar-refractivity contribution in [1.82, 2.24) is 5.32 Å². The number of hydrogen-bond acceptors (Lipinski definition) is 5. The maximum atomic E-state index is 12.4. The van der Waals surface area contributed by atoms with Gasteiger partial charge in [0.05, 0.1) is 21.3 Å². The molecule has 0 aliphatic rings. The topological polar surface area (TPSA) is 66.0 Å². The first kappa shape index (κ1) is 21.0. The molecule has 0 aliphatic carbocycles. The van der Waals surface area contributed by atoms with Crippen molar-refractivity contribution in [2.24, 2.45) is 0 Å². The average Bonchev–Trinajstić information content (AvgIpc) is 2.70. The first-order valence-electron chi connectivity index (χ1n) is 8.27. The van der Waals surface area contributed by atoms with Gasteiger partial charge >= 0.3 is 6.61 Å². The Hall–Kier alpha value is -3.29. The maximum Gasteiger partial charge on any atom is 0.387 e.